The molecule has 184 valence electrons. The maximum atomic E-state index is 13.5. The molecule has 1 atom stereocenters. The molecule has 1 saturated carbocycles. The van der Waals surface area contributed by atoms with E-state index in [4.69, 9.17) is 4.74 Å². The van der Waals surface area contributed by atoms with Crippen LogP contribution in [0.15, 0.2) is 35.3 Å². The normalized spacial score (nSPS) is 19.2. The number of piperidine rings is 1. The third-order valence-electron chi connectivity index (χ3n) is 6.17. The van der Waals surface area contributed by atoms with Gasteiger partial charge in [0.05, 0.1) is 17.2 Å². The van der Waals surface area contributed by atoms with Gasteiger partial charge in [-0.25, -0.2) is 4.79 Å². The molecule has 2 heterocycles. The molecule has 2 aromatic rings. The molecular formula is C25H29F3N2O4. The lowest BCUT2D eigenvalue weighted by molar-refractivity contribution is -0.137. The molecule has 1 aromatic heterocycles. The topological polar surface area (TPSA) is 71.8 Å². The number of phenols is 1. The molecule has 1 aliphatic carbocycles. The molecule has 0 bridgehead atoms. The molecule has 2 fully saturated rings. The zero-order chi connectivity index (χ0) is 24.8. The van der Waals surface area contributed by atoms with Crippen LogP contribution < -0.4 is 5.56 Å². The largest absolute Gasteiger partial charge is 0.507 e. The fraction of sp³-hybridized carbons (Fsp3) is 0.520. The lowest BCUT2D eigenvalue weighted by Gasteiger charge is -2.35. The van der Waals surface area contributed by atoms with Gasteiger partial charge >= 0.3 is 12.3 Å². The van der Waals surface area contributed by atoms with Crippen molar-refractivity contribution in [1.29, 1.82) is 0 Å². The Morgan fingerprint density at radius 2 is 1.79 bits per heavy atom. The molecule has 1 amide bonds. The summed E-state index contributed by atoms with van der Waals surface area (Å²) in [6, 6.07) is 4.03. The van der Waals surface area contributed by atoms with Crippen LogP contribution in [0.4, 0.5) is 18.0 Å². The van der Waals surface area contributed by atoms with E-state index in [1.807, 2.05) is 0 Å². The monoisotopic (exact) mass is 478 g/mol. The molecule has 34 heavy (non-hydrogen) atoms. The van der Waals surface area contributed by atoms with Gasteiger partial charge in [0.15, 0.2) is 0 Å². The fourth-order valence-corrected chi connectivity index (χ4v) is 4.34. The van der Waals surface area contributed by atoms with Gasteiger partial charge in [0, 0.05) is 24.8 Å². The molecule has 0 radical (unpaired) electrons. The summed E-state index contributed by atoms with van der Waals surface area (Å²) in [7, 11) is 0. The van der Waals surface area contributed by atoms with Crippen molar-refractivity contribution < 1.29 is 27.8 Å². The number of likely N-dealkylation sites (tertiary alicyclic amines) is 1. The highest BCUT2D eigenvalue weighted by Crippen LogP contribution is 2.42. The van der Waals surface area contributed by atoms with Gasteiger partial charge in [-0.1, -0.05) is 0 Å². The minimum atomic E-state index is -4.60. The van der Waals surface area contributed by atoms with Gasteiger partial charge in [-0.15, -0.1) is 0 Å². The van der Waals surface area contributed by atoms with E-state index >= 15 is 0 Å². The van der Waals surface area contributed by atoms with Crippen molar-refractivity contribution in [2.75, 3.05) is 13.1 Å². The Bertz CT molecular complexity index is 1150. The van der Waals surface area contributed by atoms with Crippen molar-refractivity contribution >= 4 is 6.09 Å². The van der Waals surface area contributed by atoms with Crippen LogP contribution in [0.3, 0.4) is 0 Å². The number of aromatic nitrogens is 1. The number of nitrogens with zero attached hydrogens (tertiary/aromatic N) is 2. The molecular weight excluding hydrogens is 449 g/mol. The summed E-state index contributed by atoms with van der Waals surface area (Å²) in [6.07, 6.45) is 0.0460. The number of halogens is 3. The second-order valence-electron chi connectivity index (χ2n) is 10.1. The van der Waals surface area contributed by atoms with E-state index in [2.05, 4.69) is 0 Å². The zero-order valence-electron chi connectivity index (χ0n) is 19.5. The van der Waals surface area contributed by atoms with E-state index in [9.17, 15) is 27.9 Å². The van der Waals surface area contributed by atoms with Gasteiger partial charge in [-0.2, -0.15) is 13.2 Å². The molecule has 1 saturated heterocycles. The SMILES string of the molecule is CC(C)(C)OC(=O)N1CCCC(n2cc(C3CC3)cc(-c3ccc(C(F)(F)F)cc3O)c2=O)C1. The molecule has 4 rings (SSSR count). The van der Waals surface area contributed by atoms with Gasteiger partial charge in [0.25, 0.3) is 5.56 Å². The summed E-state index contributed by atoms with van der Waals surface area (Å²) in [5.74, 6) is -0.321. The first-order chi connectivity index (χ1) is 15.8. The van der Waals surface area contributed by atoms with E-state index in [1.54, 1.807) is 42.5 Å². The van der Waals surface area contributed by atoms with Crippen LogP contribution >= 0.6 is 0 Å². The molecule has 1 N–H and O–H groups in total. The number of pyridine rings is 1. The Morgan fingerprint density at radius 3 is 2.38 bits per heavy atom. The predicted octanol–water partition coefficient (Wildman–Crippen LogP) is 5.69. The first-order valence-corrected chi connectivity index (χ1v) is 11.5. The Kier molecular flexibility index (Phi) is 6.16. The quantitative estimate of drug-likeness (QED) is 0.615. The molecule has 9 heteroatoms. The second kappa shape index (κ2) is 8.67. The fourth-order valence-electron chi connectivity index (χ4n) is 4.34. The average Bonchev–Trinajstić information content (AvgIpc) is 3.58. The standard InChI is InChI=1S/C25H29F3N2O4/c1-24(2,3)34-23(33)29-10-4-5-18(14-29)30-13-16(15-6-7-15)11-20(22(30)32)19-9-8-17(12-21(19)31)25(26,27)28/h8-9,11-13,15,18,31H,4-7,10,14H2,1-3H3. The number of carbonyl (C=O) groups excluding carboxylic acids is 1. The minimum absolute atomic E-state index is 0.0639. The molecule has 2 aliphatic rings. The van der Waals surface area contributed by atoms with E-state index in [0.717, 1.165) is 30.5 Å². The van der Waals surface area contributed by atoms with Gasteiger partial charge in [-0.3, -0.25) is 4.79 Å². The molecule has 1 aliphatic heterocycles. The number of alkyl halides is 3. The minimum Gasteiger partial charge on any atom is -0.507 e. The number of aromatic hydroxyl groups is 1. The zero-order valence-corrected chi connectivity index (χ0v) is 19.5. The Labute approximate surface area is 196 Å². The molecule has 0 spiro atoms. The van der Waals surface area contributed by atoms with Crippen LogP contribution in [0.1, 0.15) is 69.5 Å². The number of hydrogen-bond acceptors (Lipinski definition) is 4. The highest BCUT2D eigenvalue weighted by atomic mass is 19.4. The van der Waals surface area contributed by atoms with Gasteiger partial charge in [0.2, 0.25) is 0 Å². The van der Waals surface area contributed by atoms with Crippen LogP contribution in [0, 0.1) is 0 Å². The summed E-state index contributed by atoms with van der Waals surface area (Å²) in [5.41, 5.74) is -0.898. The van der Waals surface area contributed by atoms with Crippen LogP contribution in [0.2, 0.25) is 0 Å². The van der Waals surface area contributed by atoms with Crippen LogP contribution in [-0.4, -0.2) is 39.4 Å². The lowest BCUT2D eigenvalue weighted by atomic mass is 9.99. The predicted molar refractivity (Wildman–Crippen MR) is 121 cm³/mol. The van der Waals surface area contributed by atoms with E-state index in [1.165, 1.54) is 0 Å². The number of benzene rings is 1. The maximum absolute atomic E-state index is 13.5. The van der Waals surface area contributed by atoms with Crippen molar-refractivity contribution in [3.8, 4) is 16.9 Å². The summed E-state index contributed by atoms with van der Waals surface area (Å²) in [4.78, 5) is 27.7. The number of amides is 1. The second-order valence-corrected chi connectivity index (χ2v) is 10.1. The smallest absolute Gasteiger partial charge is 0.416 e. The van der Waals surface area contributed by atoms with Crippen molar-refractivity contribution in [3.05, 3.63) is 51.9 Å². The van der Waals surface area contributed by atoms with Gasteiger partial charge < -0.3 is 19.3 Å². The average molecular weight is 479 g/mol. The summed E-state index contributed by atoms with van der Waals surface area (Å²) in [6.45, 7) is 6.19. The number of phenolic OH excluding ortho intramolecular Hbond substituents is 1. The Morgan fingerprint density at radius 1 is 1.09 bits per heavy atom. The summed E-state index contributed by atoms with van der Waals surface area (Å²) >= 11 is 0. The molecule has 1 unspecified atom stereocenters. The number of carbonyl (C=O) groups is 1. The van der Waals surface area contributed by atoms with E-state index < -0.39 is 34.7 Å². The molecule has 6 nitrogen and oxygen atoms in total. The van der Waals surface area contributed by atoms with Crippen molar-refractivity contribution in [2.24, 2.45) is 0 Å². The van der Waals surface area contributed by atoms with Gasteiger partial charge in [0.1, 0.15) is 11.4 Å². The van der Waals surface area contributed by atoms with Gasteiger partial charge in [-0.05, 0) is 82.2 Å². The lowest BCUT2D eigenvalue weighted by Crippen LogP contribution is -2.45. The third-order valence-corrected chi connectivity index (χ3v) is 6.17. The third kappa shape index (κ3) is 5.23. The number of ether oxygens (including phenoxy) is 1. The van der Waals surface area contributed by atoms with Crippen molar-refractivity contribution in [3.63, 3.8) is 0 Å². The van der Waals surface area contributed by atoms with Crippen LogP contribution in [0.25, 0.3) is 11.1 Å². The first-order valence-electron chi connectivity index (χ1n) is 11.5. The molecule has 1 aromatic carbocycles. The summed E-state index contributed by atoms with van der Waals surface area (Å²) in [5, 5.41) is 10.4. The number of rotatable bonds is 3. The highest BCUT2D eigenvalue weighted by Gasteiger charge is 2.33. The van der Waals surface area contributed by atoms with Crippen LogP contribution in [0.5, 0.6) is 5.75 Å². The highest BCUT2D eigenvalue weighted by molar-refractivity contribution is 5.71. The van der Waals surface area contributed by atoms with Crippen LogP contribution in [-0.2, 0) is 10.9 Å². The van der Waals surface area contributed by atoms with Crippen molar-refractivity contribution in [2.45, 2.75) is 70.2 Å². The van der Waals surface area contributed by atoms with E-state index in [0.29, 0.717) is 32.0 Å². The Hall–Kier alpha value is -2.97. The number of hydrogen-bond donors (Lipinski definition) is 1. The summed E-state index contributed by atoms with van der Waals surface area (Å²) < 4.78 is 46.2. The first kappa shape index (κ1) is 24.2. The van der Waals surface area contributed by atoms with E-state index in [-0.39, 0.29) is 23.1 Å². The maximum Gasteiger partial charge on any atom is 0.416 e. The van der Waals surface area contributed by atoms with Crippen molar-refractivity contribution in [1.82, 2.24) is 9.47 Å². The Balaban J connectivity index is 1.71.